The zero-order valence-electron chi connectivity index (χ0n) is 11.5. The maximum atomic E-state index is 13.6. The predicted molar refractivity (Wildman–Crippen MR) is 85.5 cm³/mol. The molecule has 0 aliphatic rings. The summed E-state index contributed by atoms with van der Waals surface area (Å²) in [5.74, 6) is -0.0595. The predicted octanol–water partition coefficient (Wildman–Crippen LogP) is 3.88. The highest BCUT2D eigenvalue weighted by molar-refractivity contribution is 7.99. The van der Waals surface area contributed by atoms with Gasteiger partial charge in [-0.05, 0) is 24.0 Å². The Kier molecular flexibility index (Phi) is 5.25. The topological polar surface area (TPSA) is 46.2 Å². The fourth-order valence-electron chi connectivity index (χ4n) is 1.86. The Morgan fingerprint density at radius 2 is 1.76 bits per heavy atom. The van der Waals surface area contributed by atoms with Crippen molar-refractivity contribution in [2.75, 3.05) is 10.5 Å². The third kappa shape index (κ3) is 4.47. The van der Waals surface area contributed by atoms with Gasteiger partial charge in [-0.15, -0.1) is 11.8 Å². The quantitative estimate of drug-likeness (QED) is 0.820. The minimum Gasteiger partial charge on any atom is -0.282 e. The van der Waals surface area contributed by atoms with Crippen LogP contribution in [0.1, 0.15) is 12.5 Å². The van der Waals surface area contributed by atoms with Crippen molar-refractivity contribution in [3.8, 4) is 0 Å². The summed E-state index contributed by atoms with van der Waals surface area (Å²) in [6.07, 6.45) is 0. The Morgan fingerprint density at radius 3 is 2.48 bits per heavy atom. The van der Waals surface area contributed by atoms with E-state index in [4.69, 9.17) is 0 Å². The number of anilines is 1. The van der Waals surface area contributed by atoms with Crippen LogP contribution in [0.15, 0.2) is 53.4 Å². The first-order chi connectivity index (χ1) is 10.0. The average Bonchev–Trinajstić information content (AvgIpc) is 2.43. The molecule has 0 unspecified atom stereocenters. The molecule has 0 saturated heterocycles. The molecule has 6 heteroatoms. The van der Waals surface area contributed by atoms with E-state index in [0.29, 0.717) is 5.69 Å². The molecule has 0 saturated carbocycles. The lowest BCUT2D eigenvalue weighted by molar-refractivity contribution is 0.591. The number of sulfonamides is 1. The van der Waals surface area contributed by atoms with Crippen molar-refractivity contribution in [3.63, 3.8) is 0 Å². The van der Waals surface area contributed by atoms with Gasteiger partial charge in [0, 0.05) is 10.5 Å². The highest BCUT2D eigenvalue weighted by atomic mass is 32.2. The number of nitrogens with one attached hydrogen (secondary N) is 1. The number of halogens is 1. The molecule has 2 rings (SSSR count). The van der Waals surface area contributed by atoms with Crippen LogP contribution in [0.2, 0.25) is 0 Å². The molecule has 0 atom stereocenters. The van der Waals surface area contributed by atoms with Crippen molar-refractivity contribution in [2.45, 2.75) is 17.6 Å². The number of hydrogen-bond acceptors (Lipinski definition) is 3. The van der Waals surface area contributed by atoms with Crippen LogP contribution in [0.5, 0.6) is 0 Å². The van der Waals surface area contributed by atoms with Crippen LogP contribution in [0.4, 0.5) is 10.1 Å². The molecule has 21 heavy (non-hydrogen) atoms. The minimum atomic E-state index is -3.65. The van der Waals surface area contributed by atoms with Gasteiger partial charge in [0.2, 0.25) is 10.0 Å². The molecular weight excluding hydrogens is 309 g/mol. The number of benzene rings is 2. The van der Waals surface area contributed by atoms with Crippen LogP contribution in [0.3, 0.4) is 0 Å². The van der Waals surface area contributed by atoms with Crippen molar-refractivity contribution in [3.05, 3.63) is 59.9 Å². The Morgan fingerprint density at radius 1 is 1.10 bits per heavy atom. The van der Waals surface area contributed by atoms with Crippen LogP contribution in [0.25, 0.3) is 0 Å². The van der Waals surface area contributed by atoms with Crippen molar-refractivity contribution >= 4 is 27.5 Å². The van der Waals surface area contributed by atoms with Gasteiger partial charge in [-0.1, -0.05) is 37.3 Å². The standard InChI is InChI=1S/C15H16FNO2S2/c1-2-20-15-10-6-5-9-14(15)17-21(18,19)11-12-7-3-4-8-13(12)16/h3-10,17H,2,11H2,1H3. The minimum absolute atomic E-state index is 0.158. The second-order valence-electron chi connectivity index (χ2n) is 4.38. The molecular formula is C15H16FNO2S2. The smallest absolute Gasteiger partial charge is 0.237 e. The van der Waals surface area contributed by atoms with Crippen LogP contribution < -0.4 is 4.72 Å². The second kappa shape index (κ2) is 6.95. The average molecular weight is 325 g/mol. The third-order valence-electron chi connectivity index (χ3n) is 2.76. The lowest BCUT2D eigenvalue weighted by atomic mass is 10.2. The normalized spacial score (nSPS) is 11.3. The number of rotatable bonds is 6. The van der Waals surface area contributed by atoms with Gasteiger partial charge >= 0.3 is 0 Å². The lowest BCUT2D eigenvalue weighted by Gasteiger charge is -2.12. The highest BCUT2D eigenvalue weighted by Crippen LogP contribution is 2.28. The van der Waals surface area contributed by atoms with Crippen LogP contribution in [0, 0.1) is 5.82 Å². The molecule has 3 nitrogen and oxygen atoms in total. The summed E-state index contributed by atoms with van der Waals surface area (Å²) in [6.45, 7) is 2.00. The highest BCUT2D eigenvalue weighted by Gasteiger charge is 2.16. The first-order valence-electron chi connectivity index (χ1n) is 6.47. The van der Waals surface area contributed by atoms with Crippen LogP contribution in [-0.2, 0) is 15.8 Å². The summed E-state index contributed by atoms with van der Waals surface area (Å²) in [6, 6.07) is 13.1. The second-order valence-corrected chi connectivity index (χ2v) is 7.41. The van der Waals surface area contributed by atoms with E-state index in [-0.39, 0.29) is 11.3 Å². The summed E-state index contributed by atoms with van der Waals surface area (Å²) in [4.78, 5) is 0.858. The van der Waals surface area contributed by atoms with Gasteiger partial charge in [0.1, 0.15) is 5.82 Å². The zero-order chi connectivity index (χ0) is 15.3. The SMILES string of the molecule is CCSc1ccccc1NS(=O)(=O)Cc1ccccc1F. The molecule has 0 amide bonds. The molecule has 0 heterocycles. The first-order valence-corrected chi connectivity index (χ1v) is 9.11. The number of hydrogen-bond donors (Lipinski definition) is 1. The molecule has 1 N–H and O–H groups in total. The van der Waals surface area contributed by atoms with E-state index in [0.717, 1.165) is 10.6 Å². The largest absolute Gasteiger partial charge is 0.282 e. The van der Waals surface area contributed by atoms with Gasteiger partial charge in [0.15, 0.2) is 0 Å². The van der Waals surface area contributed by atoms with E-state index >= 15 is 0 Å². The Bertz CT molecular complexity index is 717. The zero-order valence-corrected chi connectivity index (χ0v) is 13.2. The number of thioether (sulfide) groups is 1. The van der Waals surface area contributed by atoms with Crippen molar-refractivity contribution in [1.82, 2.24) is 0 Å². The van der Waals surface area contributed by atoms with E-state index in [9.17, 15) is 12.8 Å². The van der Waals surface area contributed by atoms with Gasteiger partial charge in [0.25, 0.3) is 0 Å². The van der Waals surface area contributed by atoms with Gasteiger partial charge < -0.3 is 0 Å². The molecule has 2 aromatic rings. The van der Waals surface area contributed by atoms with Gasteiger partial charge in [0.05, 0.1) is 11.4 Å². The van der Waals surface area contributed by atoms with E-state index in [1.54, 1.807) is 30.0 Å². The Balaban J connectivity index is 2.20. The van der Waals surface area contributed by atoms with E-state index in [2.05, 4.69) is 4.72 Å². The Labute approximate surface area is 128 Å². The molecule has 0 bridgehead atoms. The maximum Gasteiger partial charge on any atom is 0.237 e. The molecule has 0 radical (unpaired) electrons. The van der Waals surface area contributed by atoms with Crippen molar-refractivity contribution in [2.24, 2.45) is 0 Å². The monoisotopic (exact) mass is 325 g/mol. The fourth-order valence-corrected chi connectivity index (χ4v) is 3.91. The molecule has 0 fully saturated rings. The maximum absolute atomic E-state index is 13.6. The Hall–Kier alpha value is -1.53. The van der Waals surface area contributed by atoms with E-state index < -0.39 is 15.8 Å². The summed E-state index contributed by atoms with van der Waals surface area (Å²) in [5, 5.41) is 0. The van der Waals surface area contributed by atoms with Gasteiger partial charge in [-0.3, -0.25) is 4.72 Å². The van der Waals surface area contributed by atoms with Crippen molar-refractivity contribution in [1.29, 1.82) is 0 Å². The number of para-hydroxylation sites is 1. The van der Waals surface area contributed by atoms with E-state index in [1.165, 1.54) is 18.2 Å². The summed E-state index contributed by atoms with van der Waals surface area (Å²) >= 11 is 1.55. The van der Waals surface area contributed by atoms with Crippen molar-refractivity contribution < 1.29 is 12.8 Å². The van der Waals surface area contributed by atoms with E-state index in [1.807, 2.05) is 19.1 Å². The molecule has 2 aromatic carbocycles. The molecule has 0 aromatic heterocycles. The molecule has 0 spiro atoms. The summed E-state index contributed by atoms with van der Waals surface area (Å²) in [7, 11) is -3.65. The summed E-state index contributed by atoms with van der Waals surface area (Å²) < 4.78 is 40.5. The summed E-state index contributed by atoms with van der Waals surface area (Å²) in [5.41, 5.74) is 0.686. The van der Waals surface area contributed by atoms with Crippen LogP contribution in [-0.4, -0.2) is 14.2 Å². The van der Waals surface area contributed by atoms with Crippen LogP contribution >= 0.6 is 11.8 Å². The molecule has 0 aliphatic heterocycles. The van der Waals surface area contributed by atoms with Gasteiger partial charge in [-0.25, -0.2) is 12.8 Å². The van der Waals surface area contributed by atoms with Gasteiger partial charge in [-0.2, -0.15) is 0 Å². The third-order valence-corrected chi connectivity index (χ3v) is 4.93. The first kappa shape index (κ1) is 15.9. The molecule has 112 valence electrons. The fraction of sp³-hybridized carbons (Fsp3) is 0.200. The lowest BCUT2D eigenvalue weighted by Crippen LogP contribution is -2.16. The molecule has 0 aliphatic carbocycles.